The topological polar surface area (TPSA) is 63.7 Å². The van der Waals surface area contributed by atoms with Crippen LogP contribution in [0, 0.1) is 0 Å². The number of ketones is 1. The Hall–Kier alpha value is -3.22. The Bertz CT molecular complexity index is 1130. The SMILES string of the molecule is CCN(CC)S(=O)(=O)c1ccc(C(=O)/C=C/c2ccc(Oc3ccccc3)cc2)cc1. The lowest BCUT2D eigenvalue weighted by Crippen LogP contribution is -2.30. The molecule has 3 aromatic rings. The second kappa shape index (κ2) is 10.2. The zero-order valence-corrected chi connectivity index (χ0v) is 18.4. The fourth-order valence-electron chi connectivity index (χ4n) is 3.04. The second-order valence-corrected chi connectivity index (χ2v) is 8.73. The van der Waals surface area contributed by atoms with Gasteiger partial charge in [0, 0.05) is 18.7 Å². The first-order chi connectivity index (χ1) is 14.9. The second-order valence-electron chi connectivity index (χ2n) is 6.80. The average molecular weight is 436 g/mol. The number of nitrogens with zero attached hydrogens (tertiary/aromatic N) is 1. The summed E-state index contributed by atoms with van der Waals surface area (Å²) >= 11 is 0. The third kappa shape index (κ3) is 5.69. The molecule has 31 heavy (non-hydrogen) atoms. The number of benzene rings is 3. The van der Waals surface area contributed by atoms with Crippen LogP contribution < -0.4 is 4.74 Å². The van der Waals surface area contributed by atoms with Crippen LogP contribution in [0.15, 0.2) is 89.8 Å². The maximum absolute atomic E-state index is 12.5. The molecular formula is C25H25NO4S. The standard InChI is InChI=1S/C25H25NO4S/c1-3-26(4-2)31(28,29)24-17-13-21(14-18-24)25(27)19-12-20-10-15-23(16-11-20)30-22-8-6-5-7-9-22/h5-19H,3-4H2,1-2H3/b19-12+. The summed E-state index contributed by atoms with van der Waals surface area (Å²) in [7, 11) is -3.53. The summed E-state index contributed by atoms with van der Waals surface area (Å²) < 4.78 is 32.2. The van der Waals surface area contributed by atoms with Crippen LogP contribution in [0.1, 0.15) is 29.8 Å². The summed E-state index contributed by atoms with van der Waals surface area (Å²) in [5.74, 6) is 1.27. The zero-order valence-electron chi connectivity index (χ0n) is 17.6. The molecule has 5 nitrogen and oxygen atoms in total. The van der Waals surface area contributed by atoms with Crippen LogP contribution in [-0.4, -0.2) is 31.6 Å². The molecule has 0 unspecified atom stereocenters. The van der Waals surface area contributed by atoms with Crippen LogP contribution in [0.5, 0.6) is 11.5 Å². The quantitative estimate of drug-likeness (QED) is 0.333. The molecule has 0 radical (unpaired) electrons. The van der Waals surface area contributed by atoms with Gasteiger partial charge in [-0.15, -0.1) is 0 Å². The van der Waals surface area contributed by atoms with Gasteiger partial charge in [-0.3, -0.25) is 4.79 Å². The van der Waals surface area contributed by atoms with Crippen LogP contribution >= 0.6 is 0 Å². The number of hydrogen-bond acceptors (Lipinski definition) is 4. The van der Waals surface area contributed by atoms with E-state index in [-0.39, 0.29) is 10.7 Å². The van der Waals surface area contributed by atoms with Gasteiger partial charge in [-0.05, 0) is 60.2 Å². The number of hydrogen-bond donors (Lipinski definition) is 0. The number of carbonyl (C=O) groups excluding carboxylic acids is 1. The van der Waals surface area contributed by atoms with Crippen molar-refractivity contribution in [2.75, 3.05) is 13.1 Å². The van der Waals surface area contributed by atoms with E-state index >= 15 is 0 Å². The van der Waals surface area contributed by atoms with Gasteiger partial charge in [-0.1, -0.05) is 50.3 Å². The minimum atomic E-state index is -3.53. The lowest BCUT2D eigenvalue weighted by atomic mass is 10.1. The van der Waals surface area contributed by atoms with Gasteiger partial charge in [0.2, 0.25) is 10.0 Å². The molecule has 6 heteroatoms. The lowest BCUT2D eigenvalue weighted by molar-refractivity contribution is 0.104. The molecular weight excluding hydrogens is 410 g/mol. The fraction of sp³-hybridized carbons (Fsp3) is 0.160. The molecule has 0 amide bonds. The normalized spacial score (nSPS) is 11.7. The first-order valence-electron chi connectivity index (χ1n) is 10.1. The van der Waals surface area contributed by atoms with Crippen LogP contribution in [0.4, 0.5) is 0 Å². The van der Waals surface area contributed by atoms with Gasteiger partial charge >= 0.3 is 0 Å². The summed E-state index contributed by atoms with van der Waals surface area (Å²) in [6.45, 7) is 4.39. The van der Waals surface area contributed by atoms with Crippen molar-refractivity contribution in [3.8, 4) is 11.5 Å². The monoisotopic (exact) mass is 435 g/mol. The van der Waals surface area contributed by atoms with E-state index in [2.05, 4.69) is 0 Å². The van der Waals surface area contributed by atoms with Crippen molar-refractivity contribution in [2.24, 2.45) is 0 Å². The molecule has 3 rings (SSSR count). The highest BCUT2D eigenvalue weighted by atomic mass is 32.2. The van der Waals surface area contributed by atoms with Gasteiger partial charge in [-0.25, -0.2) is 8.42 Å². The summed E-state index contributed by atoms with van der Waals surface area (Å²) in [5, 5.41) is 0. The maximum Gasteiger partial charge on any atom is 0.243 e. The molecule has 0 aromatic heterocycles. The number of para-hydroxylation sites is 1. The van der Waals surface area contributed by atoms with Crippen LogP contribution in [0.3, 0.4) is 0 Å². The maximum atomic E-state index is 12.5. The molecule has 0 atom stereocenters. The molecule has 0 heterocycles. The first kappa shape index (κ1) is 22.5. The Labute approximate surface area is 183 Å². The summed E-state index contributed by atoms with van der Waals surface area (Å²) in [6.07, 6.45) is 3.19. The Morgan fingerprint density at radius 3 is 2.00 bits per heavy atom. The van der Waals surface area contributed by atoms with Gasteiger partial charge in [0.05, 0.1) is 4.90 Å². The molecule has 0 aliphatic carbocycles. The molecule has 0 saturated heterocycles. The van der Waals surface area contributed by atoms with Gasteiger partial charge in [-0.2, -0.15) is 4.31 Å². The van der Waals surface area contributed by atoms with E-state index in [0.717, 1.165) is 11.3 Å². The molecule has 0 saturated carbocycles. The molecule has 3 aromatic carbocycles. The van der Waals surface area contributed by atoms with Crippen molar-refractivity contribution >= 4 is 21.9 Å². The molecule has 0 bridgehead atoms. The van der Waals surface area contributed by atoms with Crippen LogP contribution in [-0.2, 0) is 10.0 Å². The molecule has 160 valence electrons. The van der Waals surface area contributed by atoms with Crippen molar-refractivity contribution in [1.29, 1.82) is 0 Å². The van der Waals surface area contributed by atoms with Crippen molar-refractivity contribution in [2.45, 2.75) is 18.7 Å². The first-order valence-corrected chi connectivity index (χ1v) is 11.5. The molecule has 0 aliphatic heterocycles. The molecule has 0 spiro atoms. The lowest BCUT2D eigenvalue weighted by Gasteiger charge is -2.18. The highest BCUT2D eigenvalue weighted by molar-refractivity contribution is 7.89. The molecule has 0 aliphatic rings. The number of rotatable bonds is 9. The van der Waals surface area contributed by atoms with E-state index in [1.165, 1.54) is 22.5 Å². The number of carbonyl (C=O) groups is 1. The summed E-state index contributed by atoms with van der Waals surface area (Å²) in [6, 6.07) is 22.9. The van der Waals surface area contributed by atoms with Gasteiger partial charge in [0.25, 0.3) is 0 Å². The Morgan fingerprint density at radius 2 is 1.42 bits per heavy atom. The van der Waals surface area contributed by atoms with E-state index in [1.54, 1.807) is 32.1 Å². The van der Waals surface area contributed by atoms with Gasteiger partial charge in [0.15, 0.2) is 5.78 Å². The summed E-state index contributed by atoms with van der Waals surface area (Å²) in [5.41, 5.74) is 1.29. The van der Waals surface area contributed by atoms with Crippen LogP contribution in [0.2, 0.25) is 0 Å². The third-order valence-corrected chi connectivity index (χ3v) is 6.83. The minimum Gasteiger partial charge on any atom is -0.457 e. The largest absolute Gasteiger partial charge is 0.457 e. The average Bonchev–Trinajstić information content (AvgIpc) is 2.80. The number of sulfonamides is 1. The smallest absolute Gasteiger partial charge is 0.243 e. The van der Waals surface area contributed by atoms with Crippen LogP contribution in [0.25, 0.3) is 6.08 Å². The van der Waals surface area contributed by atoms with E-state index < -0.39 is 10.0 Å². The third-order valence-electron chi connectivity index (χ3n) is 4.77. The Kier molecular flexibility index (Phi) is 7.39. The Balaban J connectivity index is 1.66. The predicted octanol–water partition coefficient (Wildman–Crippen LogP) is 5.41. The van der Waals surface area contributed by atoms with E-state index in [0.29, 0.717) is 24.4 Å². The van der Waals surface area contributed by atoms with Crippen molar-refractivity contribution in [3.63, 3.8) is 0 Å². The van der Waals surface area contributed by atoms with E-state index in [1.807, 2.05) is 54.6 Å². The van der Waals surface area contributed by atoms with Crippen molar-refractivity contribution in [1.82, 2.24) is 4.31 Å². The fourth-order valence-corrected chi connectivity index (χ4v) is 4.50. The summed E-state index contributed by atoms with van der Waals surface area (Å²) in [4.78, 5) is 12.6. The predicted molar refractivity (Wildman–Crippen MR) is 123 cm³/mol. The molecule has 0 fully saturated rings. The zero-order chi connectivity index (χ0) is 22.3. The highest BCUT2D eigenvalue weighted by Gasteiger charge is 2.21. The van der Waals surface area contributed by atoms with Crippen molar-refractivity contribution in [3.05, 3.63) is 96.1 Å². The van der Waals surface area contributed by atoms with E-state index in [4.69, 9.17) is 4.74 Å². The van der Waals surface area contributed by atoms with Gasteiger partial charge < -0.3 is 4.74 Å². The highest BCUT2D eigenvalue weighted by Crippen LogP contribution is 2.22. The molecule has 0 N–H and O–H groups in total. The van der Waals surface area contributed by atoms with Gasteiger partial charge in [0.1, 0.15) is 11.5 Å². The minimum absolute atomic E-state index is 0.186. The van der Waals surface area contributed by atoms with E-state index in [9.17, 15) is 13.2 Å². The number of allylic oxidation sites excluding steroid dienone is 1. The van der Waals surface area contributed by atoms with Crippen molar-refractivity contribution < 1.29 is 17.9 Å². The Morgan fingerprint density at radius 1 is 0.839 bits per heavy atom. The number of ether oxygens (including phenoxy) is 1.